The second-order valence-corrected chi connectivity index (χ2v) is 6.33. The predicted octanol–water partition coefficient (Wildman–Crippen LogP) is 2.98. The lowest BCUT2D eigenvalue weighted by Crippen LogP contribution is -2.19. The Kier molecular flexibility index (Phi) is 3.98. The molecule has 0 spiro atoms. The highest BCUT2D eigenvalue weighted by Crippen LogP contribution is 2.34. The third-order valence-corrected chi connectivity index (χ3v) is 4.88. The molecule has 1 aliphatic heterocycles. The summed E-state index contributed by atoms with van der Waals surface area (Å²) < 4.78 is 9.90. The van der Waals surface area contributed by atoms with Gasteiger partial charge in [0.2, 0.25) is 0 Å². The number of nitrogens with zero attached hydrogens (tertiary/aromatic N) is 4. The molecule has 6 nitrogen and oxygen atoms in total. The van der Waals surface area contributed by atoms with Gasteiger partial charge in [-0.1, -0.05) is 0 Å². The molecular weight excluding hydrogens is 302 g/mol. The van der Waals surface area contributed by atoms with Gasteiger partial charge in [-0.2, -0.15) is 10.2 Å². The van der Waals surface area contributed by atoms with Crippen LogP contribution in [0.3, 0.4) is 0 Å². The van der Waals surface area contributed by atoms with Gasteiger partial charge in [0.1, 0.15) is 6.10 Å². The number of aryl methyl sites for hydroxylation is 2. The highest BCUT2D eigenvalue weighted by Gasteiger charge is 2.31. The number of hydrogen-bond donors (Lipinski definition) is 1. The van der Waals surface area contributed by atoms with E-state index in [1.54, 1.807) is 0 Å². The summed E-state index contributed by atoms with van der Waals surface area (Å²) in [4.78, 5) is 0. The zero-order chi connectivity index (χ0) is 16.5. The lowest BCUT2D eigenvalue weighted by Gasteiger charge is -2.20. The first kappa shape index (κ1) is 15.2. The molecule has 1 N–H and O–H groups in total. The van der Waals surface area contributed by atoms with Crippen molar-refractivity contribution >= 4 is 16.6 Å². The molecule has 0 amide bonds. The van der Waals surface area contributed by atoms with Crippen LogP contribution in [-0.4, -0.2) is 32.7 Å². The lowest BCUT2D eigenvalue weighted by atomic mass is 9.99. The number of anilines is 1. The molecule has 4 rings (SSSR count). The molecule has 2 atom stereocenters. The first-order chi connectivity index (χ1) is 11.8. The highest BCUT2D eigenvalue weighted by molar-refractivity contribution is 5.82. The summed E-state index contributed by atoms with van der Waals surface area (Å²) in [5.41, 5.74) is 3.46. The monoisotopic (exact) mass is 325 g/mol. The van der Waals surface area contributed by atoms with Crippen molar-refractivity contribution in [3.05, 3.63) is 42.4 Å². The standard InChI is InChI=1S/C18H23N5O/c1-3-23-17-10-15(5-4-13(17)12-21-23)19-11-14-7-9-24-18(14)16-6-8-20-22(16)2/h4-6,8,10,12,14,18-19H,3,7,9,11H2,1-2H3/t14-,18+/m0/s1. The van der Waals surface area contributed by atoms with Crippen LogP contribution in [0.15, 0.2) is 36.7 Å². The third kappa shape index (κ3) is 2.67. The van der Waals surface area contributed by atoms with Crippen LogP contribution in [0.25, 0.3) is 10.9 Å². The Balaban J connectivity index is 1.49. The van der Waals surface area contributed by atoms with E-state index in [0.29, 0.717) is 5.92 Å². The number of aromatic nitrogens is 4. The Labute approximate surface area is 141 Å². The molecule has 0 radical (unpaired) electrons. The average Bonchev–Trinajstić information content (AvgIpc) is 3.31. The number of benzene rings is 1. The fourth-order valence-electron chi connectivity index (χ4n) is 3.51. The van der Waals surface area contributed by atoms with E-state index >= 15 is 0 Å². The molecule has 2 aromatic heterocycles. The molecule has 3 heterocycles. The number of rotatable bonds is 5. The normalized spacial score (nSPS) is 20.8. The minimum Gasteiger partial charge on any atom is -0.385 e. The second kappa shape index (κ2) is 6.28. The smallest absolute Gasteiger partial charge is 0.104 e. The van der Waals surface area contributed by atoms with Gasteiger partial charge in [0, 0.05) is 49.9 Å². The van der Waals surface area contributed by atoms with Crippen molar-refractivity contribution in [2.24, 2.45) is 13.0 Å². The summed E-state index contributed by atoms with van der Waals surface area (Å²) in [6.07, 6.45) is 4.94. The molecule has 1 aliphatic rings. The van der Waals surface area contributed by atoms with Gasteiger partial charge in [0.15, 0.2) is 0 Å². The molecular formula is C18H23N5O. The molecule has 6 heteroatoms. The molecule has 24 heavy (non-hydrogen) atoms. The van der Waals surface area contributed by atoms with Crippen LogP contribution in [-0.2, 0) is 18.3 Å². The zero-order valence-corrected chi connectivity index (χ0v) is 14.1. The van der Waals surface area contributed by atoms with Crippen molar-refractivity contribution in [3.8, 4) is 0 Å². The molecule has 0 saturated carbocycles. The topological polar surface area (TPSA) is 56.9 Å². The van der Waals surface area contributed by atoms with E-state index in [9.17, 15) is 0 Å². The number of fused-ring (bicyclic) bond motifs is 1. The maximum Gasteiger partial charge on any atom is 0.104 e. The minimum atomic E-state index is 0.120. The van der Waals surface area contributed by atoms with Crippen LogP contribution >= 0.6 is 0 Å². The molecule has 1 fully saturated rings. The highest BCUT2D eigenvalue weighted by atomic mass is 16.5. The number of hydrogen-bond acceptors (Lipinski definition) is 4. The Morgan fingerprint density at radius 2 is 2.21 bits per heavy atom. The maximum atomic E-state index is 5.96. The fraction of sp³-hybridized carbons (Fsp3) is 0.444. The van der Waals surface area contributed by atoms with E-state index < -0.39 is 0 Å². The molecule has 126 valence electrons. The first-order valence-corrected chi connectivity index (χ1v) is 8.55. The molecule has 0 unspecified atom stereocenters. The second-order valence-electron chi connectivity index (χ2n) is 6.33. The Morgan fingerprint density at radius 3 is 3.00 bits per heavy atom. The van der Waals surface area contributed by atoms with Gasteiger partial charge in [0.25, 0.3) is 0 Å². The predicted molar refractivity (Wildman–Crippen MR) is 93.9 cm³/mol. The Morgan fingerprint density at radius 1 is 1.29 bits per heavy atom. The van der Waals surface area contributed by atoms with E-state index in [1.807, 2.05) is 28.8 Å². The number of nitrogens with one attached hydrogen (secondary N) is 1. The Hall–Kier alpha value is -2.34. The van der Waals surface area contributed by atoms with Gasteiger partial charge in [-0.3, -0.25) is 9.36 Å². The van der Waals surface area contributed by atoms with Crippen molar-refractivity contribution in [1.29, 1.82) is 0 Å². The molecule has 0 aliphatic carbocycles. The van der Waals surface area contributed by atoms with Gasteiger partial charge in [-0.25, -0.2) is 0 Å². The van der Waals surface area contributed by atoms with Gasteiger partial charge in [-0.05, 0) is 37.6 Å². The van der Waals surface area contributed by atoms with Crippen LogP contribution in [0.2, 0.25) is 0 Å². The average molecular weight is 325 g/mol. The lowest BCUT2D eigenvalue weighted by molar-refractivity contribution is 0.0866. The van der Waals surface area contributed by atoms with Gasteiger partial charge in [-0.15, -0.1) is 0 Å². The van der Waals surface area contributed by atoms with Crippen molar-refractivity contribution in [1.82, 2.24) is 19.6 Å². The van der Waals surface area contributed by atoms with Crippen molar-refractivity contribution in [2.75, 3.05) is 18.5 Å². The van der Waals surface area contributed by atoms with Crippen LogP contribution in [0.5, 0.6) is 0 Å². The minimum absolute atomic E-state index is 0.120. The summed E-state index contributed by atoms with van der Waals surface area (Å²) in [6, 6.07) is 8.48. The maximum absolute atomic E-state index is 5.96. The molecule has 3 aromatic rings. The van der Waals surface area contributed by atoms with E-state index in [2.05, 4.69) is 46.7 Å². The van der Waals surface area contributed by atoms with E-state index in [4.69, 9.17) is 4.74 Å². The zero-order valence-electron chi connectivity index (χ0n) is 14.1. The quantitative estimate of drug-likeness (QED) is 0.783. The van der Waals surface area contributed by atoms with Crippen molar-refractivity contribution in [2.45, 2.75) is 26.0 Å². The summed E-state index contributed by atoms with van der Waals surface area (Å²) in [5.74, 6) is 0.451. The van der Waals surface area contributed by atoms with Crippen LogP contribution in [0, 0.1) is 5.92 Å². The van der Waals surface area contributed by atoms with Crippen LogP contribution in [0.1, 0.15) is 25.1 Å². The van der Waals surface area contributed by atoms with E-state index in [1.165, 1.54) is 10.9 Å². The van der Waals surface area contributed by atoms with Gasteiger partial charge in [0.05, 0.1) is 17.4 Å². The first-order valence-electron chi connectivity index (χ1n) is 8.55. The SMILES string of the molecule is CCn1ncc2ccc(NC[C@@H]3CCO[C@H]3c3ccnn3C)cc21. The van der Waals surface area contributed by atoms with Crippen molar-refractivity contribution < 1.29 is 4.74 Å². The molecule has 1 aromatic carbocycles. The summed E-state index contributed by atoms with van der Waals surface area (Å²) in [7, 11) is 1.97. The number of ether oxygens (including phenoxy) is 1. The molecule has 0 bridgehead atoms. The van der Waals surface area contributed by atoms with E-state index in [-0.39, 0.29) is 6.10 Å². The van der Waals surface area contributed by atoms with Crippen LogP contribution in [0.4, 0.5) is 5.69 Å². The van der Waals surface area contributed by atoms with Crippen LogP contribution < -0.4 is 5.32 Å². The van der Waals surface area contributed by atoms with E-state index in [0.717, 1.165) is 37.5 Å². The van der Waals surface area contributed by atoms with Crippen molar-refractivity contribution in [3.63, 3.8) is 0 Å². The summed E-state index contributed by atoms with van der Waals surface area (Å²) in [5, 5.41) is 13.4. The fourth-order valence-corrected chi connectivity index (χ4v) is 3.51. The third-order valence-electron chi connectivity index (χ3n) is 4.88. The summed E-state index contributed by atoms with van der Waals surface area (Å²) >= 11 is 0. The molecule has 1 saturated heterocycles. The Bertz CT molecular complexity index is 837. The summed E-state index contributed by atoms with van der Waals surface area (Å²) in [6.45, 7) is 4.69. The van der Waals surface area contributed by atoms with Gasteiger partial charge < -0.3 is 10.1 Å². The van der Waals surface area contributed by atoms with Gasteiger partial charge >= 0.3 is 0 Å². The largest absolute Gasteiger partial charge is 0.385 e.